The Bertz CT molecular complexity index is 436. The van der Waals surface area contributed by atoms with Crippen LogP contribution in [0, 0.1) is 11.3 Å². The van der Waals surface area contributed by atoms with Gasteiger partial charge in [-0.1, -0.05) is 0 Å². The van der Waals surface area contributed by atoms with Crippen molar-refractivity contribution in [3.8, 4) is 6.07 Å². The zero-order chi connectivity index (χ0) is 10.7. The molecule has 0 bridgehead atoms. The van der Waals surface area contributed by atoms with E-state index in [1.165, 1.54) is 6.20 Å². The molecule has 14 heavy (non-hydrogen) atoms. The molecule has 0 saturated heterocycles. The first-order chi connectivity index (χ1) is 6.57. The predicted octanol–water partition coefficient (Wildman–Crippen LogP) is 2.14. The molecule has 3 nitrogen and oxygen atoms in total. The molecule has 0 aliphatic carbocycles. The van der Waals surface area contributed by atoms with Crippen LogP contribution in [0.25, 0.3) is 0 Å². The largest absolute Gasteiger partial charge is 0.355 e. The predicted molar refractivity (Wildman–Crippen MR) is 49.0 cm³/mol. The molecule has 1 aromatic rings. The van der Waals surface area contributed by atoms with Gasteiger partial charge in [-0.25, -0.2) is 8.78 Å². The van der Waals surface area contributed by atoms with Crippen molar-refractivity contribution in [3.05, 3.63) is 32.2 Å². The summed E-state index contributed by atoms with van der Waals surface area (Å²) in [6, 6.07) is 1.73. The second-order valence-electron chi connectivity index (χ2n) is 2.51. The van der Waals surface area contributed by atoms with Crippen molar-refractivity contribution in [1.82, 2.24) is 4.98 Å². The number of rotatable bonds is 2. The van der Waals surface area contributed by atoms with Crippen LogP contribution >= 0.6 is 15.9 Å². The zero-order valence-corrected chi connectivity index (χ0v) is 8.44. The summed E-state index contributed by atoms with van der Waals surface area (Å²) in [5.41, 5.74) is -1.36. The lowest BCUT2D eigenvalue weighted by molar-refractivity contribution is 0.148. The van der Waals surface area contributed by atoms with Crippen LogP contribution in [0.3, 0.4) is 0 Å². The highest BCUT2D eigenvalue weighted by Gasteiger charge is 2.18. The quantitative estimate of drug-likeness (QED) is 0.831. The van der Waals surface area contributed by atoms with Gasteiger partial charge in [0.1, 0.15) is 0 Å². The number of pyridine rings is 1. The monoisotopic (exact) mass is 262 g/mol. The number of hydrogen-bond acceptors (Lipinski definition) is 2. The first-order valence-corrected chi connectivity index (χ1v) is 4.42. The molecule has 0 aliphatic rings. The van der Waals surface area contributed by atoms with Crippen LogP contribution in [0.5, 0.6) is 0 Å². The van der Waals surface area contributed by atoms with Crippen molar-refractivity contribution in [2.45, 2.75) is 12.8 Å². The molecule has 0 radical (unpaired) electrons. The van der Waals surface area contributed by atoms with E-state index in [9.17, 15) is 13.6 Å². The van der Waals surface area contributed by atoms with Gasteiger partial charge in [0, 0.05) is 11.8 Å². The number of nitrogens with zero attached hydrogens (tertiary/aromatic N) is 1. The lowest BCUT2D eigenvalue weighted by Crippen LogP contribution is -2.16. The molecule has 1 rings (SSSR count). The minimum absolute atomic E-state index is 0.0424. The van der Waals surface area contributed by atoms with Gasteiger partial charge in [-0.05, 0) is 15.9 Å². The number of alkyl halides is 2. The van der Waals surface area contributed by atoms with Crippen molar-refractivity contribution in [2.24, 2.45) is 0 Å². The summed E-state index contributed by atoms with van der Waals surface area (Å²) in [6.07, 6.45) is -1.78. The zero-order valence-electron chi connectivity index (χ0n) is 6.85. The third-order valence-corrected chi connectivity index (χ3v) is 2.29. The highest BCUT2D eigenvalue weighted by Crippen LogP contribution is 2.22. The van der Waals surface area contributed by atoms with E-state index >= 15 is 0 Å². The molecule has 0 aliphatic heterocycles. The Kier molecular flexibility index (Phi) is 3.36. The molecule has 0 atom stereocenters. The summed E-state index contributed by atoms with van der Waals surface area (Å²) in [5, 5.41) is 8.34. The molecule has 1 aromatic heterocycles. The Morgan fingerprint density at radius 1 is 1.64 bits per heavy atom. The Balaban J connectivity index is 3.36. The van der Waals surface area contributed by atoms with Gasteiger partial charge < -0.3 is 4.98 Å². The fraction of sp³-hybridized carbons (Fsp3) is 0.250. The second kappa shape index (κ2) is 4.33. The summed E-state index contributed by atoms with van der Waals surface area (Å²) >= 11 is 2.81. The van der Waals surface area contributed by atoms with Crippen molar-refractivity contribution in [3.63, 3.8) is 0 Å². The molecule has 6 heteroatoms. The third-order valence-electron chi connectivity index (χ3n) is 1.63. The van der Waals surface area contributed by atoms with Gasteiger partial charge in [-0.15, -0.1) is 0 Å². The van der Waals surface area contributed by atoms with Crippen molar-refractivity contribution >= 4 is 15.9 Å². The molecule has 0 spiro atoms. The number of H-pyrrole nitrogens is 1. The minimum atomic E-state index is -2.85. The molecule has 0 amide bonds. The van der Waals surface area contributed by atoms with Crippen LogP contribution in [-0.2, 0) is 6.42 Å². The van der Waals surface area contributed by atoms with Gasteiger partial charge >= 0.3 is 0 Å². The number of nitrogens with one attached hydrogen (secondary N) is 1. The van der Waals surface area contributed by atoms with Crippen LogP contribution in [0.2, 0.25) is 0 Å². The molecule has 0 fully saturated rings. The van der Waals surface area contributed by atoms with E-state index in [1.807, 2.05) is 0 Å². The molecule has 0 unspecified atom stereocenters. The van der Waals surface area contributed by atoms with Crippen LogP contribution in [-0.4, -0.2) is 4.98 Å². The fourth-order valence-electron chi connectivity index (χ4n) is 0.978. The number of nitriles is 1. The Hall–Kier alpha value is -1.22. The van der Waals surface area contributed by atoms with E-state index in [2.05, 4.69) is 20.9 Å². The van der Waals surface area contributed by atoms with Crippen molar-refractivity contribution in [2.75, 3.05) is 0 Å². The lowest BCUT2D eigenvalue weighted by atomic mass is 10.1. The lowest BCUT2D eigenvalue weighted by Gasteiger charge is -2.03. The number of hydrogen-bond donors (Lipinski definition) is 1. The first kappa shape index (κ1) is 10.9. The third kappa shape index (κ3) is 1.99. The topological polar surface area (TPSA) is 56.6 Å². The number of halogens is 3. The van der Waals surface area contributed by atoms with E-state index in [1.54, 1.807) is 6.07 Å². The SMILES string of the molecule is N#CCc1c[nH]c(Br)c(C(F)F)c1=O. The summed E-state index contributed by atoms with van der Waals surface area (Å²) in [7, 11) is 0. The molecule has 1 N–H and O–H groups in total. The van der Waals surface area contributed by atoms with Gasteiger partial charge in [-0.2, -0.15) is 5.26 Å². The molecular weight excluding hydrogens is 258 g/mol. The van der Waals surface area contributed by atoms with Gasteiger partial charge in [0.25, 0.3) is 6.43 Å². The molecule has 1 heterocycles. The number of aromatic amines is 1. The fourth-order valence-corrected chi connectivity index (χ4v) is 1.45. The maximum absolute atomic E-state index is 12.4. The highest BCUT2D eigenvalue weighted by atomic mass is 79.9. The van der Waals surface area contributed by atoms with Crippen LogP contribution < -0.4 is 5.43 Å². The molecule has 0 saturated carbocycles. The highest BCUT2D eigenvalue weighted by molar-refractivity contribution is 9.10. The molecule has 74 valence electrons. The average Bonchev–Trinajstić information content (AvgIpc) is 2.10. The summed E-state index contributed by atoms with van der Waals surface area (Å²) in [5.74, 6) is 0. The maximum atomic E-state index is 12.4. The smallest absolute Gasteiger partial charge is 0.270 e. The van der Waals surface area contributed by atoms with Crippen LogP contribution in [0.1, 0.15) is 17.6 Å². The summed E-state index contributed by atoms with van der Waals surface area (Å²) in [4.78, 5) is 13.8. The van der Waals surface area contributed by atoms with Gasteiger partial charge in [0.2, 0.25) is 0 Å². The van der Waals surface area contributed by atoms with E-state index in [0.717, 1.165) is 0 Å². The van der Waals surface area contributed by atoms with E-state index in [0.29, 0.717) is 0 Å². The normalized spacial score (nSPS) is 10.2. The van der Waals surface area contributed by atoms with Crippen LogP contribution in [0.4, 0.5) is 8.78 Å². The Morgan fingerprint density at radius 2 is 2.29 bits per heavy atom. The number of aromatic nitrogens is 1. The maximum Gasteiger partial charge on any atom is 0.270 e. The van der Waals surface area contributed by atoms with Crippen molar-refractivity contribution < 1.29 is 8.78 Å². The van der Waals surface area contributed by atoms with Crippen molar-refractivity contribution in [1.29, 1.82) is 5.26 Å². The first-order valence-electron chi connectivity index (χ1n) is 3.63. The van der Waals surface area contributed by atoms with Crippen LogP contribution in [0.15, 0.2) is 15.6 Å². The van der Waals surface area contributed by atoms with Gasteiger partial charge in [0.15, 0.2) is 5.43 Å². The Morgan fingerprint density at radius 3 is 2.79 bits per heavy atom. The molecular formula is C8H5BrF2N2O. The van der Waals surface area contributed by atoms with E-state index < -0.39 is 17.4 Å². The van der Waals surface area contributed by atoms with E-state index in [4.69, 9.17) is 5.26 Å². The summed E-state index contributed by atoms with van der Waals surface area (Å²) in [6.45, 7) is 0. The second-order valence-corrected chi connectivity index (χ2v) is 3.30. The van der Waals surface area contributed by atoms with E-state index in [-0.39, 0.29) is 16.6 Å². The minimum Gasteiger partial charge on any atom is -0.355 e. The average molecular weight is 263 g/mol. The Labute approximate surface area is 86.5 Å². The standard InChI is InChI=1S/C8H5BrF2N2O/c9-7-5(8(10)11)6(14)4(1-2-12)3-13-7/h3,8H,1H2,(H,13,14). The summed E-state index contributed by atoms with van der Waals surface area (Å²) < 4.78 is 24.7. The molecule has 0 aromatic carbocycles. The van der Waals surface area contributed by atoms with Gasteiger partial charge in [0.05, 0.1) is 22.7 Å². The van der Waals surface area contributed by atoms with Gasteiger partial charge in [-0.3, -0.25) is 4.79 Å².